The van der Waals surface area contributed by atoms with Gasteiger partial charge in [0.2, 0.25) is 0 Å². The fourth-order valence-electron chi connectivity index (χ4n) is 1.65. The minimum atomic E-state index is -0.588. The van der Waals surface area contributed by atoms with Gasteiger partial charge < -0.3 is 9.72 Å². The van der Waals surface area contributed by atoms with Gasteiger partial charge in [0.15, 0.2) is 0 Å². The second-order valence-corrected chi connectivity index (χ2v) is 3.67. The molecule has 0 aliphatic heterocycles. The van der Waals surface area contributed by atoms with Crippen molar-refractivity contribution in [3.8, 4) is 0 Å². The Morgan fingerprint density at radius 1 is 1.31 bits per heavy atom. The number of carbonyl (C=O) groups excluding carboxylic acids is 2. The Kier molecular flexibility index (Phi) is 4.12. The number of esters is 1. The van der Waals surface area contributed by atoms with E-state index in [1.807, 2.05) is 6.92 Å². The lowest BCUT2D eigenvalue weighted by atomic mass is 10.1. The van der Waals surface area contributed by atoms with Crippen LogP contribution >= 0.6 is 11.6 Å². The average molecular weight is 244 g/mol. The van der Waals surface area contributed by atoms with Crippen LogP contribution in [0.2, 0.25) is 0 Å². The lowest BCUT2D eigenvalue weighted by Gasteiger charge is -2.00. The number of hydrogen-bond donors (Lipinski definition) is 1. The molecule has 1 heterocycles. The molecule has 1 N–H and O–H groups in total. The zero-order valence-corrected chi connectivity index (χ0v) is 10.3. The topological polar surface area (TPSA) is 59.2 Å². The van der Waals surface area contributed by atoms with Crippen molar-refractivity contribution in [2.24, 2.45) is 0 Å². The Balaban J connectivity index is 3.22. The predicted octanol–water partition coefficient (Wildman–Crippen LogP) is 2.44. The first-order valence-electron chi connectivity index (χ1n) is 5.11. The Morgan fingerprint density at radius 3 is 2.31 bits per heavy atom. The first-order valence-corrected chi connectivity index (χ1v) is 5.49. The number of hydrogen-bond acceptors (Lipinski definition) is 3. The molecule has 0 spiro atoms. The van der Waals surface area contributed by atoms with Gasteiger partial charge in [0.05, 0.1) is 6.61 Å². The number of carbonyl (C=O) groups is 2. The van der Waals surface area contributed by atoms with Gasteiger partial charge in [0.25, 0.3) is 5.24 Å². The van der Waals surface area contributed by atoms with Crippen molar-refractivity contribution in [1.29, 1.82) is 0 Å². The molecule has 4 nitrogen and oxygen atoms in total. The normalized spacial score (nSPS) is 10.2. The van der Waals surface area contributed by atoms with Crippen molar-refractivity contribution >= 4 is 22.8 Å². The van der Waals surface area contributed by atoms with Gasteiger partial charge in [-0.1, -0.05) is 6.92 Å². The number of H-pyrrole nitrogens is 1. The minimum absolute atomic E-state index is 0.282. The Labute approximate surface area is 98.9 Å². The fraction of sp³-hybridized carbons (Fsp3) is 0.455. The summed E-state index contributed by atoms with van der Waals surface area (Å²) in [7, 11) is 0. The summed E-state index contributed by atoms with van der Waals surface area (Å²) in [6.07, 6.45) is 0.634. The third kappa shape index (κ3) is 2.27. The van der Waals surface area contributed by atoms with Gasteiger partial charge in [-0.05, 0) is 43.0 Å². The zero-order chi connectivity index (χ0) is 12.3. The second-order valence-electron chi connectivity index (χ2n) is 3.33. The van der Waals surface area contributed by atoms with E-state index in [2.05, 4.69) is 4.98 Å². The lowest BCUT2D eigenvalue weighted by molar-refractivity contribution is 0.0519. The highest BCUT2D eigenvalue weighted by Gasteiger charge is 2.21. The molecule has 0 saturated carbocycles. The van der Waals surface area contributed by atoms with Crippen LogP contribution in [0.1, 0.15) is 46.0 Å². The summed E-state index contributed by atoms with van der Waals surface area (Å²) in [6.45, 7) is 5.69. The molecule has 16 heavy (non-hydrogen) atoms. The maximum atomic E-state index is 11.6. The van der Waals surface area contributed by atoms with Gasteiger partial charge in [-0.3, -0.25) is 4.79 Å². The SMILES string of the molecule is CCOC(=O)c1[nH]c(C(=O)Cl)c(CC)c1C. The van der Waals surface area contributed by atoms with Crippen LogP contribution in [0.4, 0.5) is 0 Å². The zero-order valence-electron chi connectivity index (χ0n) is 9.52. The van der Waals surface area contributed by atoms with E-state index in [0.29, 0.717) is 18.7 Å². The summed E-state index contributed by atoms with van der Waals surface area (Å²) in [5, 5.41) is -0.588. The Bertz CT molecular complexity index is 423. The molecule has 0 fully saturated rings. The third-order valence-electron chi connectivity index (χ3n) is 2.41. The van der Waals surface area contributed by atoms with Crippen molar-refractivity contribution < 1.29 is 14.3 Å². The molecule has 1 aromatic heterocycles. The summed E-state index contributed by atoms with van der Waals surface area (Å²) < 4.78 is 4.88. The van der Waals surface area contributed by atoms with E-state index in [0.717, 1.165) is 11.1 Å². The number of aromatic amines is 1. The van der Waals surface area contributed by atoms with E-state index in [-0.39, 0.29) is 5.69 Å². The van der Waals surface area contributed by atoms with E-state index in [1.54, 1.807) is 13.8 Å². The first-order chi connectivity index (χ1) is 7.52. The van der Waals surface area contributed by atoms with Gasteiger partial charge in [0.1, 0.15) is 11.4 Å². The van der Waals surface area contributed by atoms with Crippen LogP contribution in [0.5, 0.6) is 0 Å². The number of rotatable bonds is 4. The summed E-state index contributed by atoms with van der Waals surface area (Å²) in [5.41, 5.74) is 2.08. The maximum Gasteiger partial charge on any atom is 0.355 e. The minimum Gasteiger partial charge on any atom is -0.461 e. The molecule has 1 rings (SSSR count). The third-order valence-corrected chi connectivity index (χ3v) is 2.60. The molecule has 0 unspecified atom stereocenters. The van der Waals surface area contributed by atoms with Gasteiger partial charge in [-0.15, -0.1) is 0 Å². The molecule has 0 atom stereocenters. The van der Waals surface area contributed by atoms with E-state index < -0.39 is 11.2 Å². The number of halogens is 1. The Morgan fingerprint density at radius 2 is 1.94 bits per heavy atom. The summed E-state index contributed by atoms with van der Waals surface area (Å²) >= 11 is 5.43. The number of nitrogens with one attached hydrogen (secondary N) is 1. The van der Waals surface area contributed by atoms with Crippen LogP contribution in [0.15, 0.2) is 0 Å². The number of aromatic nitrogens is 1. The highest BCUT2D eigenvalue weighted by atomic mass is 35.5. The van der Waals surface area contributed by atoms with Gasteiger partial charge in [-0.25, -0.2) is 4.79 Å². The average Bonchev–Trinajstić information content (AvgIpc) is 2.55. The van der Waals surface area contributed by atoms with Crippen LogP contribution < -0.4 is 0 Å². The molecular weight excluding hydrogens is 230 g/mol. The van der Waals surface area contributed by atoms with Crippen LogP contribution in [-0.4, -0.2) is 22.8 Å². The largest absolute Gasteiger partial charge is 0.461 e. The molecular formula is C11H14ClNO3. The Hall–Kier alpha value is -1.29. The van der Waals surface area contributed by atoms with E-state index in [4.69, 9.17) is 16.3 Å². The van der Waals surface area contributed by atoms with Crippen molar-refractivity contribution in [1.82, 2.24) is 4.98 Å². The van der Waals surface area contributed by atoms with Crippen molar-refractivity contribution in [3.63, 3.8) is 0 Å². The van der Waals surface area contributed by atoms with Gasteiger partial charge in [0, 0.05) is 0 Å². The standard InChI is InChI=1S/C11H14ClNO3/c1-4-7-6(3)8(11(15)16-5-2)13-9(7)10(12)14/h13H,4-5H2,1-3H3. The molecule has 0 bridgehead atoms. The second kappa shape index (κ2) is 5.16. The maximum absolute atomic E-state index is 11.6. The molecule has 0 saturated heterocycles. The van der Waals surface area contributed by atoms with Crippen molar-refractivity contribution in [2.45, 2.75) is 27.2 Å². The number of ether oxygens (including phenoxy) is 1. The molecule has 0 aliphatic carbocycles. The van der Waals surface area contributed by atoms with Gasteiger partial charge in [-0.2, -0.15) is 0 Å². The highest BCUT2D eigenvalue weighted by molar-refractivity contribution is 6.67. The summed E-state index contributed by atoms with van der Waals surface area (Å²) in [6, 6.07) is 0. The molecule has 88 valence electrons. The van der Waals surface area contributed by atoms with Crippen LogP contribution in [-0.2, 0) is 11.2 Å². The summed E-state index contributed by atoms with van der Waals surface area (Å²) in [5.74, 6) is -0.459. The van der Waals surface area contributed by atoms with E-state index in [9.17, 15) is 9.59 Å². The van der Waals surface area contributed by atoms with Crippen LogP contribution in [0.25, 0.3) is 0 Å². The molecule has 0 radical (unpaired) electrons. The molecule has 1 aromatic rings. The summed E-state index contributed by atoms with van der Waals surface area (Å²) in [4.78, 5) is 25.4. The quantitative estimate of drug-likeness (QED) is 0.653. The fourth-order valence-corrected chi connectivity index (χ4v) is 1.81. The van der Waals surface area contributed by atoms with E-state index >= 15 is 0 Å². The molecule has 0 aliphatic rings. The van der Waals surface area contributed by atoms with Crippen LogP contribution in [0.3, 0.4) is 0 Å². The van der Waals surface area contributed by atoms with E-state index in [1.165, 1.54) is 0 Å². The van der Waals surface area contributed by atoms with Crippen molar-refractivity contribution in [2.75, 3.05) is 6.61 Å². The van der Waals surface area contributed by atoms with Gasteiger partial charge >= 0.3 is 5.97 Å². The predicted molar refractivity (Wildman–Crippen MR) is 61.0 cm³/mol. The molecule has 5 heteroatoms. The smallest absolute Gasteiger partial charge is 0.355 e. The highest BCUT2D eigenvalue weighted by Crippen LogP contribution is 2.21. The van der Waals surface area contributed by atoms with Crippen molar-refractivity contribution in [3.05, 3.63) is 22.5 Å². The monoisotopic (exact) mass is 243 g/mol. The van der Waals surface area contributed by atoms with Crippen LogP contribution in [0, 0.1) is 6.92 Å². The lowest BCUT2D eigenvalue weighted by Crippen LogP contribution is -2.07. The first kappa shape index (κ1) is 12.8. The molecule has 0 amide bonds. The molecule has 0 aromatic carbocycles.